The molecule has 1 atom stereocenters. The van der Waals surface area contributed by atoms with Crippen LogP contribution in [0.2, 0.25) is 0 Å². The molecule has 1 aliphatic carbocycles. The van der Waals surface area contributed by atoms with Gasteiger partial charge in [-0.1, -0.05) is 12.1 Å². The van der Waals surface area contributed by atoms with Crippen molar-refractivity contribution in [1.29, 1.82) is 0 Å². The van der Waals surface area contributed by atoms with Crippen molar-refractivity contribution in [2.24, 2.45) is 7.05 Å². The van der Waals surface area contributed by atoms with Crippen molar-refractivity contribution in [2.45, 2.75) is 18.8 Å². The first-order valence-corrected chi connectivity index (χ1v) is 8.27. The quantitative estimate of drug-likeness (QED) is 0.756. The fourth-order valence-electron chi connectivity index (χ4n) is 3.59. The van der Waals surface area contributed by atoms with Gasteiger partial charge in [0.1, 0.15) is 11.4 Å². The van der Waals surface area contributed by atoms with Crippen molar-refractivity contribution in [1.82, 2.24) is 14.5 Å². The summed E-state index contributed by atoms with van der Waals surface area (Å²) in [5, 5.41) is 0.316. The minimum absolute atomic E-state index is 0.0388. The monoisotopic (exact) mass is 351 g/mol. The molecule has 0 fully saturated rings. The SMILES string of the molecule is COc1ccc([C@H]2CC(=O)c3cnc4c(c3C2)c(=O)[nH]c(=O)n4C)cc1. The van der Waals surface area contributed by atoms with Gasteiger partial charge in [-0.2, -0.15) is 0 Å². The zero-order valence-corrected chi connectivity index (χ0v) is 14.4. The Morgan fingerprint density at radius 1 is 1.15 bits per heavy atom. The number of hydrogen-bond acceptors (Lipinski definition) is 5. The van der Waals surface area contributed by atoms with Crippen molar-refractivity contribution in [3.63, 3.8) is 0 Å². The Bertz CT molecular complexity index is 1140. The van der Waals surface area contributed by atoms with Gasteiger partial charge in [0.2, 0.25) is 0 Å². The highest BCUT2D eigenvalue weighted by Crippen LogP contribution is 2.35. The molecular weight excluding hydrogens is 334 g/mol. The van der Waals surface area contributed by atoms with Gasteiger partial charge in [0, 0.05) is 25.2 Å². The number of methoxy groups -OCH3 is 1. The highest BCUT2D eigenvalue weighted by Gasteiger charge is 2.29. The molecule has 2 heterocycles. The van der Waals surface area contributed by atoms with E-state index in [1.807, 2.05) is 24.3 Å². The number of benzene rings is 1. The number of aromatic amines is 1. The van der Waals surface area contributed by atoms with E-state index in [4.69, 9.17) is 4.74 Å². The standard InChI is InChI=1S/C19H17N3O4/c1-22-17-16(18(24)21-19(22)25)13-7-11(8-15(23)14(13)9-20-17)10-3-5-12(26-2)6-4-10/h3-6,9,11H,7-8H2,1-2H3,(H,21,24,25)/t11-/m1/s1. The highest BCUT2D eigenvalue weighted by atomic mass is 16.5. The lowest BCUT2D eigenvalue weighted by atomic mass is 9.79. The molecule has 2 aromatic heterocycles. The van der Waals surface area contributed by atoms with Crippen molar-refractivity contribution in [2.75, 3.05) is 7.11 Å². The molecular formula is C19H17N3O4. The lowest BCUT2D eigenvalue weighted by Gasteiger charge is -2.25. The van der Waals surface area contributed by atoms with Gasteiger partial charge >= 0.3 is 5.69 Å². The summed E-state index contributed by atoms with van der Waals surface area (Å²) in [5.74, 6) is 0.662. The topological polar surface area (TPSA) is 94.1 Å². The first kappa shape index (κ1) is 16.3. The van der Waals surface area contributed by atoms with Gasteiger partial charge in [0.25, 0.3) is 5.56 Å². The summed E-state index contributed by atoms with van der Waals surface area (Å²) in [6.07, 6.45) is 2.37. The Hall–Kier alpha value is -3.22. The van der Waals surface area contributed by atoms with Crippen molar-refractivity contribution in [3.05, 3.63) is 68.0 Å². The molecule has 0 radical (unpaired) electrons. The van der Waals surface area contributed by atoms with Crippen molar-refractivity contribution in [3.8, 4) is 5.75 Å². The largest absolute Gasteiger partial charge is 0.497 e. The highest BCUT2D eigenvalue weighted by molar-refractivity contribution is 6.02. The molecule has 3 aromatic rings. The number of carbonyl (C=O) groups excluding carboxylic acids is 1. The summed E-state index contributed by atoms with van der Waals surface area (Å²) >= 11 is 0. The van der Waals surface area contributed by atoms with Gasteiger partial charge in [0.05, 0.1) is 12.5 Å². The van der Waals surface area contributed by atoms with E-state index in [1.165, 1.54) is 10.8 Å². The fraction of sp³-hybridized carbons (Fsp3) is 0.263. The Morgan fingerprint density at radius 2 is 1.88 bits per heavy atom. The predicted octanol–water partition coefficient (Wildman–Crippen LogP) is 1.54. The second-order valence-electron chi connectivity index (χ2n) is 6.47. The number of nitrogens with one attached hydrogen (secondary N) is 1. The van der Waals surface area contributed by atoms with Gasteiger partial charge in [-0.25, -0.2) is 9.78 Å². The number of rotatable bonds is 2. The summed E-state index contributed by atoms with van der Waals surface area (Å²) in [5.41, 5.74) is 1.39. The summed E-state index contributed by atoms with van der Waals surface area (Å²) < 4.78 is 6.47. The number of carbonyl (C=O) groups is 1. The molecule has 7 nitrogen and oxygen atoms in total. The minimum Gasteiger partial charge on any atom is -0.497 e. The van der Waals surface area contributed by atoms with E-state index in [9.17, 15) is 14.4 Å². The first-order valence-electron chi connectivity index (χ1n) is 8.27. The van der Waals surface area contributed by atoms with E-state index in [0.717, 1.165) is 11.3 Å². The first-order chi connectivity index (χ1) is 12.5. The molecule has 26 heavy (non-hydrogen) atoms. The van der Waals surface area contributed by atoms with E-state index in [0.29, 0.717) is 35.0 Å². The third kappa shape index (κ3) is 2.44. The lowest BCUT2D eigenvalue weighted by Crippen LogP contribution is -2.31. The van der Waals surface area contributed by atoms with Crippen LogP contribution in [0.3, 0.4) is 0 Å². The Balaban J connectivity index is 1.89. The Morgan fingerprint density at radius 3 is 2.58 bits per heavy atom. The molecule has 0 saturated carbocycles. The number of Topliss-reactive ketones (excluding diaryl/α,β-unsaturated/α-hetero) is 1. The van der Waals surface area contributed by atoms with Crippen LogP contribution in [0.5, 0.6) is 5.75 Å². The molecule has 4 rings (SSSR count). The van der Waals surface area contributed by atoms with Gasteiger partial charge < -0.3 is 4.74 Å². The zero-order chi connectivity index (χ0) is 18.4. The molecule has 1 N–H and O–H groups in total. The minimum atomic E-state index is -0.524. The van der Waals surface area contributed by atoms with Gasteiger partial charge in [0.15, 0.2) is 5.78 Å². The van der Waals surface area contributed by atoms with Crippen LogP contribution < -0.4 is 16.0 Å². The summed E-state index contributed by atoms with van der Waals surface area (Å²) in [6.45, 7) is 0. The zero-order valence-electron chi connectivity index (χ0n) is 14.4. The maximum Gasteiger partial charge on any atom is 0.329 e. The van der Waals surface area contributed by atoms with Gasteiger partial charge in [-0.3, -0.25) is 19.1 Å². The molecule has 0 spiro atoms. The fourth-order valence-corrected chi connectivity index (χ4v) is 3.59. The second-order valence-corrected chi connectivity index (χ2v) is 6.47. The molecule has 7 heteroatoms. The number of H-pyrrole nitrogens is 1. The second kappa shape index (κ2) is 5.94. The molecule has 1 aromatic carbocycles. The number of ether oxygens (including phenoxy) is 1. The molecule has 0 saturated heterocycles. The Kier molecular flexibility index (Phi) is 3.72. The molecule has 0 bridgehead atoms. The number of nitrogens with zero attached hydrogens (tertiary/aromatic N) is 2. The number of pyridine rings is 1. The number of aryl methyl sites for hydroxylation is 1. The van der Waals surface area contributed by atoms with Gasteiger partial charge in [-0.15, -0.1) is 0 Å². The molecule has 132 valence electrons. The van der Waals surface area contributed by atoms with Crippen LogP contribution in [-0.4, -0.2) is 27.4 Å². The molecule has 0 unspecified atom stereocenters. The normalized spacial score (nSPS) is 16.5. The van der Waals surface area contributed by atoms with E-state index in [-0.39, 0.29) is 11.7 Å². The van der Waals surface area contributed by atoms with Crippen LogP contribution in [0.4, 0.5) is 0 Å². The van der Waals surface area contributed by atoms with E-state index < -0.39 is 11.2 Å². The summed E-state index contributed by atoms with van der Waals surface area (Å²) in [4.78, 5) is 43.4. The van der Waals surface area contributed by atoms with E-state index >= 15 is 0 Å². The Labute approximate surface area is 148 Å². The smallest absolute Gasteiger partial charge is 0.329 e. The third-order valence-corrected chi connectivity index (χ3v) is 5.01. The van der Waals surface area contributed by atoms with Crippen LogP contribution in [0.25, 0.3) is 11.0 Å². The van der Waals surface area contributed by atoms with Crippen LogP contribution in [0, 0.1) is 0 Å². The van der Waals surface area contributed by atoms with E-state index in [2.05, 4.69) is 9.97 Å². The van der Waals surface area contributed by atoms with Crippen LogP contribution in [-0.2, 0) is 13.5 Å². The van der Waals surface area contributed by atoms with E-state index in [1.54, 1.807) is 14.2 Å². The third-order valence-electron chi connectivity index (χ3n) is 5.01. The average molecular weight is 351 g/mol. The van der Waals surface area contributed by atoms with Crippen LogP contribution in [0.15, 0.2) is 40.1 Å². The van der Waals surface area contributed by atoms with Crippen molar-refractivity contribution < 1.29 is 9.53 Å². The molecule has 0 aliphatic heterocycles. The maximum absolute atomic E-state index is 12.7. The lowest BCUT2D eigenvalue weighted by molar-refractivity contribution is 0.0964. The van der Waals surface area contributed by atoms with Crippen LogP contribution >= 0.6 is 0 Å². The number of ketones is 1. The van der Waals surface area contributed by atoms with Crippen LogP contribution in [0.1, 0.15) is 33.8 Å². The predicted molar refractivity (Wildman–Crippen MR) is 96.0 cm³/mol. The average Bonchev–Trinajstić information content (AvgIpc) is 2.65. The number of fused-ring (bicyclic) bond motifs is 3. The summed E-state index contributed by atoms with van der Waals surface area (Å²) in [7, 11) is 3.15. The molecule has 1 aliphatic rings. The summed E-state index contributed by atoms with van der Waals surface area (Å²) in [6, 6.07) is 7.59. The molecule has 0 amide bonds. The number of aromatic nitrogens is 3. The maximum atomic E-state index is 12.7. The van der Waals surface area contributed by atoms with Gasteiger partial charge in [-0.05, 0) is 35.6 Å². The van der Waals surface area contributed by atoms with Crippen molar-refractivity contribution >= 4 is 16.8 Å². The number of hydrogen-bond donors (Lipinski definition) is 1.